The first-order chi connectivity index (χ1) is 18.3. The van der Waals surface area contributed by atoms with E-state index in [0.717, 1.165) is 28.5 Å². The van der Waals surface area contributed by atoms with Crippen LogP contribution in [0.25, 0.3) is 6.08 Å². The van der Waals surface area contributed by atoms with Crippen LogP contribution in [0.2, 0.25) is 15.1 Å². The predicted molar refractivity (Wildman–Crippen MR) is 155 cm³/mol. The summed E-state index contributed by atoms with van der Waals surface area (Å²) in [5.74, 6) is 0.752. The summed E-state index contributed by atoms with van der Waals surface area (Å²) in [5.41, 5.74) is 3.21. The Hall–Kier alpha value is -2.90. The van der Waals surface area contributed by atoms with Gasteiger partial charge in [-0.15, -0.1) is 6.58 Å². The van der Waals surface area contributed by atoms with Crippen LogP contribution in [-0.4, -0.2) is 22.7 Å². The third-order valence-corrected chi connectivity index (χ3v) is 7.51. The van der Waals surface area contributed by atoms with Crippen LogP contribution in [0.3, 0.4) is 0 Å². The Morgan fingerprint density at radius 3 is 2.37 bits per heavy atom. The van der Waals surface area contributed by atoms with Gasteiger partial charge in [0.25, 0.3) is 11.1 Å². The monoisotopic (exact) mass is 587 g/mol. The molecule has 1 heterocycles. The minimum absolute atomic E-state index is 0.173. The molecule has 3 aromatic carbocycles. The number of imide groups is 1. The maximum absolute atomic E-state index is 13.1. The molecule has 0 atom stereocenters. The summed E-state index contributed by atoms with van der Waals surface area (Å²) in [6, 6.07) is 16.1. The number of carbonyl (C=O) groups is 2. The lowest BCUT2D eigenvalue weighted by Crippen LogP contribution is -2.27. The standard InChI is InChI=1S/C29H24Cl3NO4S/c1-3-5-21-12-20(14-25(36-4-2)27(21)37-17-19-8-11-23(31)24(32)13-19)15-26-28(34)33(29(35)38-26)16-18-6-9-22(30)10-7-18/h3,6-15H,1,4-5,16-17H2,2H3/b26-15+. The van der Waals surface area contributed by atoms with E-state index >= 15 is 0 Å². The first-order valence-electron chi connectivity index (χ1n) is 11.8. The van der Waals surface area contributed by atoms with Gasteiger partial charge in [0, 0.05) is 10.6 Å². The van der Waals surface area contributed by atoms with Gasteiger partial charge in [0.15, 0.2) is 11.5 Å². The number of allylic oxidation sites excluding steroid dienone is 1. The third-order valence-electron chi connectivity index (χ3n) is 5.61. The Kier molecular flexibility index (Phi) is 9.44. The van der Waals surface area contributed by atoms with Crippen molar-refractivity contribution in [2.24, 2.45) is 0 Å². The Balaban J connectivity index is 1.61. The van der Waals surface area contributed by atoms with E-state index < -0.39 is 0 Å². The van der Waals surface area contributed by atoms with Gasteiger partial charge in [-0.05, 0) is 84.3 Å². The van der Waals surface area contributed by atoms with Crippen molar-refractivity contribution < 1.29 is 19.1 Å². The second-order valence-corrected chi connectivity index (χ2v) is 10.6. The fourth-order valence-corrected chi connectivity index (χ4v) is 5.13. The highest BCUT2D eigenvalue weighted by atomic mass is 35.5. The lowest BCUT2D eigenvalue weighted by atomic mass is 10.0. The van der Waals surface area contributed by atoms with Crippen molar-refractivity contribution in [3.05, 3.63) is 109 Å². The summed E-state index contributed by atoms with van der Waals surface area (Å²) >= 11 is 19.0. The Morgan fingerprint density at radius 2 is 1.68 bits per heavy atom. The number of ether oxygens (including phenoxy) is 2. The highest BCUT2D eigenvalue weighted by Gasteiger charge is 2.35. The van der Waals surface area contributed by atoms with Gasteiger partial charge in [0.1, 0.15) is 6.61 Å². The van der Waals surface area contributed by atoms with Gasteiger partial charge < -0.3 is 9.47 Å². The van der Waals surface area contributed by atoms with E-state index in [4.69, 9.17) is 44.3 Å². The van der Waals surface area contributed by atoms with Gasteiger partial charge in [-0.2, -0.15) is 0 Å². The van der Waals surface area contributed by atoms with Gasteiger partial charge in [-0.3, -0.25) is 14.5 Å². The molecule has 0 bridgehead atoms. The Morgan fingerprint density at radius 1 is 0.947 bits per heavy atom. The minimum atomic E-state index is -0.349. The number of carbonyl (C=O) groups excluding carboxylic acids is 2. The van der Waals surface area contributed by atoms with Crippen LogP contribution in [0.1, 0.15) is 29.2 Å². The number of benzene rings is 3. The molecule has 0 aliphatic carbocycles. The van der Waals surface area contributed by atoms with Crippen molar-refractivity contribution >= 4 is 63.8 Å². The smallest absolute Gasteiger partial charge is 0.293 e. The molecule has 0 spiro atoms. The lowest BCUT2D eigenvalue weighted by Gasteiger charge is -2.17. The molecule has 0 N–H and O–H groups in total. The molecule has 5 nitrogen and oxygen atoms in total. The molecule has 0 aromatic heterocycles. The second-order valence-electron chi connectivity index (χ2n) is 8.36. The molecule has 4 rings (SSSR count). The zero-order chi connectivity index (χ0) is 27.2. The Bertz CT molecular complexity index is 1410. The Labute approximate surface area is 241 Å². The number of nitrogens with zero attached hydrogens (tertiary/aromatic N) is 1. The van der Waals surface area contributed by atoms with Crippen molar-refractivity contribution in [3.8, 4) is 11.5 Å². The van der Waals surface area contributed by atoms with Crippen molar-refractivity contribution in [3.63, 3.8) is 0 Å². The molecule has 9 heteroatoms. The molecule has 1 aliphatic rings. The second kappa shape index (κ2) is 12.8. The van der Waals surface area contributed by atoms with E-state index in [9.17, 15) is 9.59 Å². The molecule has 0 radical (unpaired) electrons. The molecule has 3 aromatic rings. The van der Waals surface area contributed by atoms with Crippen LogP contribution in [0, 0.1) is 0 Å². The van der Waals surface area contributed by atoms with E-state index in [0.29, 0.717) is 50.1 Å². The molecule has 1 fully saturated rings. The first kappa shape index (κ1) is 28.1. The van der Waals surface area contributed by atoms with E-state index in [1.807, 2.05) is 19.1 Å². The van der Waals surface area contributed by atoms with Crippen LogP contribution in [0.5, 0.6) is 11.5 Å². The van der Waals surface area contributed by atoms with Crippen molar-refractivity contribution in [1.29, 1.82) is 0 Å². The maximum atomic E-state index is 13.1. The largest absolute Gasteiger partial charge is 0.490 e. The van der Waals surface area contributed by atoms with Crippen LogP contribution in [-0.2, 0) is 24.4 Å². The van der Waals surface area contributed by atoms with E-state index in [-0.39, 0.29) is 24.3 Å². The molecule has 196 valence electrons. The predicted octanol–water partition coefficient (Wildman–Crippen LogP) is 8.59. The van der Waals surface area contributed by atoms with Crippen molar-refractivity contribution in [2.75, 3.05) is 6.61 Å². The highest BCUT2D eigenvalue weighted by Crippen LogP contribution is 2.38. The van der Waals surface area contributed by atoms with Crippen LogP contribution < -0.4 is 9.47 Å². The van der Waals surface area contributed by atoms with Gasteiger partial charge in [-0.1, -0.05) is 59.1 Å². The molecule has 1 aliphatic heterocycles. The average Bonchev–Trinajstić information content (AvgIpc) is 3.14. The normalized spacial score (nSPS) is 14.3. The van der Waals surface area contributed by atoms with Crippen LogP contribution in [0.4, 0.5) is 4.79 Å². The fourth-order valence-electron chi connectivity index (χ4n) is 3.85. The number of thioether (sulfide) groups is 1. The summed E-state index contributed by atoms with van der Waals surface area (Å²) in [6.45, 7) is 6.58. The van der Waals surface area contributed by atoms with E-state index in [1.54, 1.807) is 54.6 Å². The number of rotatable bonds is 10. The summed E-state index contributed by atoms with van der Waals surface area (Å²) in [5, 5.41) is 1.19. The minimum Gasteiger partial charge on any atom is -0.490 e. The number of halogens is 3. The summed E-state index contributed by atoms with van der Waals surface area (Å²) in [6.07, 6.45) is 3.97. The summed E-state index contributed by atoms with van der Waals surface area (Å²) in [4.78, 5) is 27.3. The summed E-state index contributed by atoms with van der Waals surface area (Å²) in [7, 11) is 0. The zero-order valence-corrected chi connectivity index (χ0v) is 23.6. The molecular formula is C29H24Cl3NO4S. The highest BCUT2D eigenvalue weighted by molar-refractivity contribution is 8.18. The topological polar surface area (TPSA) is 55.8 Å². The molecule has 0 saturated carbocycles. The van der Waals surface area contributed by atoms with Crippen molar-refractivity contribution in [1.82, 2.24) is 4.90 Å². The van der Waals surface area contributed by atoms with Crippen molar-refractivity contribution in [2.45, 2.75) is 26.5 Å². The summed E-state index contributed by atoms with van der Waals surface area (Å²) < 4.78 is 12.1. The molecule has 38 heavy (non-hydrogen) atoms. The number of hydrogen-bond acceptors (Lipinski definition) is 5. The van der Waals surface area contributed by atoms with Gasteiger partial charge in [-0.25, -0.2) is 0 Å². The number of amides is 2. The van der Waals surface area contributed by atoms with Crippen LogP contribution >= 0.6 is 46.6 Å². The molecule has 2 amide bonds. The SMILES string of the molecule is C=CCc1cc(/C=C2/SC(=O)N(Cc3ccc(Cl)cc3)C2=O)cc(OCC)c1OCc1ccc(Cl)c(Cl)c1. The fraction of sp³-hybridized carbons (Fsp3) is 0.172. The van der Waals surface area contributed by atoms with Gasteiger partial charge in [0.05, 0.1) is 28.1 Å². The molecular weight excluding hydrogens is 565 g/mol. The van der Waals surface area contributed by atoms with E-state index in [1.165, 1.54) is 4.90 Å². The van der Waals surface area contributed by atoms with E-state index in [2.05, 4.69) is 6.58 Å². The zero-order valence-electron chi connectivity index (χ0n) is 20.5. The molecule has 0 unspecified atom stereocenters. The third kappa shape index (κ3) is 6.75. The average molecular weight is 589 g/mol. The maximum Gasteiger partial charge on any atom is 0.293 e. The van der Waals surface area contributed by atoms with Gasteiger partial charge in [0.2, 0.25) is 0 Å². The van der Waals surface area contributed by atoms with Crippen LogP contribution in [0.15, 0.2) is 72.2 Å². The lowest BCUT2D eigenvalue weighted by molar-refractivity contribution is -0.123. The molecule has 1 saturated heterocycles. The van der Waals surface area contributed by atoms with Gasteiger partial charge >= 0.3 is 0 Å². The quantitative estimate of drug-likeness (QED) is 0.175. The number of hydrogen-bond donors (Lipinski definition) is 0. The first-order valence-corrected chi connectivity index (χ1v) is 13.7.